The van der Waals surface area contributed by atoms with E-state index in [1.54, 1.807) is 5.56 Å². The lowest BCUT2D eigenvalue weighted by Gasteiger charge is -2.29. The van der Waals surface area contributed by atoms with Crippen molar-refractivity contribution in [2.75, 3.05) is 0 Å². The van der Waals surface area contributed by atoms with Gasteiger partial charge in [-0.1, -0.05) is 108 Å². The molecule has 0 aromatic heterocycles. The number of fused-ring (bicyclic) bond motifs is 1. The van der Waals surface area contributed by atoms with Crippen molar-refractivity contribution in [1.29, 1.82) is 0 Å². The summed E-state index contributed by atoms with van der Waals surface area (Å²) < 4.78 is 0. The highest BCUT2D eigenvalue weighted by molar-refractivity contribution is 5.84. The van der Waals surface area contributed by atoms with E-state index in [1.165, 1.54) is 113 Å². The highest BCUT2D eigenvalue weighted by Gasteiger charge is 2.22. The number of benzene rings is 2. The number of hydrogen-bond donors (Lipinski definition) is 0. The van der Waals surface area contributed by atoms with E-state index in [9.17, 15) is 0 Å². The SMILES string of the molecule is CCCCCCCCc1ccc2cc(C3CCC(CCCCC)CC3)ccc2c1. The number of hydrogen-bond acceptors (Lipinski definition) is 0. The Bertz CT molecular complexity index is 705. The van der Waals surface area contributed by atoms with Gasteiger partial charge in [-0.25, -0.2) is 0 Å². The minimum atomic E-state index is 0.796. The Hall–Kier alpha value is -1.30. The Morgan fingerprint density at radius 1 is 0.655 bits per heavy atom. The third-order valence-corrected chi connectivity index (χ3v) is 7.28. The highest BCUT2D eigenvalue weighted by atomic mass is 14.3. The normalized spacial score (nSPS) is 19.7. The molecule has 2 aromatic rings. The summed E-state index contributed by atoms with van der Waals surface area (Å²) in [5.41, 5.74) is 3.11. The minimum Gasteiger partial charge on any atom is -0.0654 e. The molecule has 0 heterocycles. The molecule has 0 aliphatic heterocycles. The first-order chi connectivity index (χ1) is 14.3. The summed E-state index contributed by atoms with van der Waals surface area (Å²) in [5.74, 6) is 1.80. The predicted octanol–water partition coefficient (Wildman–Crippen LogP) is 9.60. The molecule has 3 rings (SSSR count). The first-order valence-electron chi connectivity index (χ1n) is 12.8. The van der Waals surface area contributed by atoms with Crippen molar-refractivity contribution in [3.8, 4) is 0 Å². The topological polar surface area (TPSA) is 0 Å². The fraction of sp³-hybridized carbons (Fsp3) is 0.655. The van der Waals surface area contributed by atoms with Crippen LogP contribution in [-0.4, -0.2) is 0 Å². The van der Waals surface area contributed by atoms with Gasteiger partial charge in [0, 0.05) is 0 Å². The summed E-state index contributed by atoms with van der Waals surface area (Å²) in [6.07, 6.45) is 20.9. The molecule has 2 aromatic carbocycles. The van der Waals surface area contributed by atoms with Crippen molar-refractivity contribution in [2.45, 2.75) is 116 Å². The summed E-state index contributed by atoms with van der Waals surface area (Å²) in [6, 6.07) is 14.5. The molecule has 0 radical (unpaired) electrons. The summed E-state index contributed by atoms with van der Waals surface area (Å²) in [5, 5.41) is 2.88. The molecule has 0 bridgehead atoms. The summed E-state index contributed by atoms with van der Waals surface area (Å²) in [4.78, 5) is 0. The van der Waals surface area contributed by atoms with Gasteiger partial charge in [0.1, 0.15) is 0 Å². The molecular weight excluding hydrogens is 348 g/mol. The van der Waals surface area contributed by atoms with E-state index in [2.05, 4.69) is 50.2 Å². The minimum absolute atomic E-state index is 0.796. The lowest BCUT2D eigenvalue weighted by Crippen LogP contribution is -2.13. The van der Waals surface area contributed by atoms with Gasteiger partial charge in [0.2, 0.25) is 0 Å². The Morgan fingerprint density at radius 3 is 2.10 bits per heavy atom. The molecule has 1 saturated carbocycles. The van der Waals surface area contributed by atoms with E-state index in [0.29, 0.717) is 0 Å². The summed E-state index contributed by atoms with van der Waals surface area (Å²) >= 11 is 0. The van der Waals surface area contributed by atoms with Crippen LogP contribution in [0, 0.1) is 5.92 Å². The Labute approximate surface area is 180 Å². The van der Waals surface area contributed by atoms with Crippen molar-refractivity contribution in [1.82, 2.24) is 0 Å². The van der Waals surface area contributed by atoms with E-state index < -0.39 is 0 Å². The second-order valence-electron chi connectivity index (χ2n) is 9.67. The van der Waals surface area contributed by atoms with Gasteiger partial charge in [0.05, 0.1) is 0 Å². The van der Waals surface area contributed by atoms with Gasteiger partial charge < -0.3 is 0 Å². The van der Waals surface area contributed by atoms with Crippen LogP contribution in [0.5, 0.6) is 0 Å². The van der Waals surface area contributed by atoms with E-state index in [4.69, 9.17) is 0 Å². The molecule has 0 nitrogen and oxygen atoms in total. The average molecular weight is 393 g/mol. The van der Waals surface area contributed by atoms with Gasteiger partial charge in [-0.3, -0.25) is 0 Å². The Kier molecular flexibility index (Phi) is 9.58. The summed E-state index contributed by atoms with van der Waals surface area (Å²) in [6.45, 7) is 4.61. The van der Waals surface area contributed by atoms with Crippen molar-refractivity contribution in [3.63, 3.8) is 0 Å². The summed E-state index contributed by atoms with van der Waals surface area (Å²) in [7, 11) is 0. The van der Waals surface area contributed by atoms with Crippen LogP contribution in [0.2, 0.25) is 0 Å². The van der Waals surface area contributed by atoms with Crippen molar-refractivity contribution in [3.05, 3.63) is 47.5 Å². The van der Waals surface area contributed by atoms with Gasteiger partial charge >= 0.3 is 0 Å². The first-order valence-corrected chi connectivity index (χ1v) is 12.8. The van der Waals surface area contributed by atoms with E-state index in [-0.39, 0.29) is 0 Å². The quantitative estimate of drug-likeness (QED) is 0.315. The zero-order valence-electron chi connectivity index (χ0n) is 19.2. The maximum Gasteiger partial charge on any atom is -0.0162 e. The molecule has 29 heavy (non-hydrogen) atoms. The van der Waals surface area contributed by atoms with Crippen LogP contribution in [0.3, 0.4) is 0 Å². The van der Waals surface area contributed by atoms with Crippen LogP contribution < -0.4 is 0 Å². The van der Waals surface area contributed by atoms with E-state index in [1.807, 2.05) is 0 Å². The molecule has 1 aliphatic rings. The molecular formula is C29H44. The zero-order chi connectivity index (χ0) is 20.3. The monoisotopic (exact) mass is 392 g/mol. The molecule has 1 aliphatic carbocycles. The molecule has 0 heteroatoms. The van der Waals surface area contributed by atoms with Crippen molar-refractivity contribution < 1.29 is 0 Å². The fourth-order valence-corrected chi connectivity index (χ4v) is 5.30. The van der Waals surface area contributed by atoms with Crippen molar-refractivity contribution >= 4 is 10.8 Å². The molecule has 0 unspecified atom stereocenters. The standard InChI is InChI=1S/C29H44/c1-3-5-7-8-9-11-13-25-16-19-29-23-28(21-20-27(29)22-25)26-17-14-24(15-18-26)12-10-6-4-2/h16,19-24,26H,3-15,17-18H2,1-2H3. The van der Waals surface area contributed by atoms with Gasteiger partial charge in [0.25, 0.3) is 0 Å². The first kappa shape index (κ1) is 22.4. The smallest absolute Gasteiger partial charge is 0.0162 e. The number of unbranched alkanes of at least 4 members (excludes halogenated alkanes) is 7. The Balaban J connectivity index is 1.49. The lowest BCUT2D eigenvalue weighted by molar-refractivity contribution is 0.303. The second kappa shape index (κ2) is 12.4. The Morgan fingerprint density at radius 2 is 1.31 bits per heavy atom. The maximum atomic E-state index is 2.49. The zero-order valence-corrected chi connectivity index (χ0v) is 19.2. The van der Waals surface area contributed by atoms with Gasteiger partial charge in [0.15, 0.2) is 0 Å². The van der Waals surface area contributed by atoms with Crippen LogP contribution in [0.15, 0.2) is 36.4 Å². The molecule has 0 amide bonds. The lowest BCUT2D eigenvalue weighted by atomic mass is 9.77. The predicted molar refractivity (Wildman–Crippen MR) is 130 cm³/mol. The number of rotatable bonds is 12. The van der Waals surface area contributed by atoms with E-state index in [0.717, 1.165) is 11.8 Å². The third kappa shape index (κ3) is 7.16. The van der Waals surface area contributed by atoms with Crippen LogP contribution in [-0.2, 0) is 6.42 Å². The second-order valence-corrected chi connectivity index (χ2v) is 9.67. The van der Waals surface area contributed by atoms with Crippen molar-refractivity contribution in [2.24, 2.45) is 5.92 Å². The maximum absolute atomic E-state index is 2.49. The van der Waals surface area contributed by atoms with Crippen LogP contribution in [0.1, 0.15) is 121 Å². The largest absolute Gasteiger partial charge is 0.0654 e. The third-order valence-electron chi connectivity index (χ3n) is 7.28. The fourth-order valence-electron chi connectivity index (χ4n) is 5.30. The number of aryl methyl sites for hydroxylation is 1. The van der Waals surface area contributed by atoms with Gasteiger partial charge in [-0.05, 0) is 72.3 Å². The molecule has 0 spiro atoms. The van der Waals surface area contributed by atoms with E-state index >= 15 is 0 Å². The van der Waals surface area contributed by atoms with Gasteiger partial charge in [-0.2, -0.15) is 0 Å². The molecule has 160 valence electrons. The molecule has 0 saturated heterocycles. The average Bonchev–Trinajstić information content (AvgIpc) is 2.76. The van der Waals surface area contributed by atoms with Gasteiger partial charge in [-0.15, -0.1) is 0 Å². The van der Waals surface area contributed by atoms with Crippen LogP contribution >= 0.6 is 0 Å². The highest BCUT2D eigenvalue weighted by Crippen LogP contribution is 2.38. The van der Waals surface area contributed by atoms with Crippen LogP contribution in [0.25, 0.3) is 10.8 Å². The van der Waals surface area contributed by atoms with Crippen LogP contribution in [0.4, 0.5) is 0 Å². The molecule has 1 fully saturated rings. The molecule has 0 atom stereocenters. The molecule has 0 N–H and O–H groups in total.